The molecular weight excluding hydrogens is 318 g/mol. The lowest BCUT2D eigenvalue weighted by molar-refractivity contribution is 0.415. The summed E-state index contributed by atoms with van der Waals surface area (Å²) in [4.78, 5) is 17.9. The van der Waals surface area contributed by atoms with Crippen molar-refractivity contribution in [2.75, 3.05) is 7.11 Å². The lowest BCUT2D eigenvalue weighted by Gasteiger charge is -2.06. The summed E-state index contributed by atoms with van der Waals surface area (Å²) in [6.07, 6.45) is 1.48. The fourth-order valence-electron chi connectivity index (χ4n) is 2.25. The van der Waals surface area contributed by atoms with Crippen LogP contribution in [-0.2, 0) is 6.54 Å². The average molecular weight is 331 g/mol. The van der Waals surface area contributed by atoms with Gasteiger partial charge < -0.3 is 10.5 Å². The molecule has 5 nitrogen and oxygen atoms in total. The van der Waals surface area contributed by atoms with Crippen LogP contribution in [-0.4, -0.2) is 21.6 Å². The smallest absolute Gasteiger partial charge is 0.263 e. The first-order valence-corrected chi connectivity index (χ1v) is 7.78. The summed E-state index contributed by atoms with van der Waals surface area (Å²) in [5, 5.41) is 2.51. The van der Waals surface area contributed by atoms with E-state index in [2.05, 4.69) is 4.98 Å². The second kappa shape index (κ2) is 5.86. The molecule has 2 heterocycles. The molecule has 0 amide bonds. The SMILES string of the molecule is COc1cccc(-c2csc3ncn(CC(N)=S)c(=O)c23)c1. The van der Waals surface area contributed by atoms with Crippen molar-refractivity contribution < 1.29 is 4.74 Å². The zero-order valence-corrected chi connectivity index (χ0v) is 13.4. The number of rotatable bonds is 4. The number of hydrogen-bond acceptors (Lipinski definition) is 5. The van der Waals surface area contributed by atoms with E-state index in [9.17, 15) is 4.79 Å². The Morgan fingerprint density at radius 1 is 1.50 bits per heavy atom. The number of aromatic nitrogens is 2. The third kappa shape index (κ3) is 2.60. The number of nitrogens with zero attached hydrogens (tertiary/aromatic N) is 2. The van der Waals surface area contributed by atoms with Crippen molar-refractivity contribution in [2.24, 2.45) is 5.73 Å². The zero-order valence-electron chi connectivity index (χ0n) is 11.8. The molecule has 0 aliphatic heterocycles. The van der Waals surface area contributed by atoms with Gasteiger partial charge in [0, 0.05) is 10.9 Å². The molecule has 2 N–H and O–H groups in total. The van der Waals surface area contributed by atoms with Crippen LogP contribution in [0.5, 0.6) is 5.75 Å². The van der Waals surface area contributed by atoms with Crippen molar-refractivity contribution in [3.8, 4) is 16.9 Å². The number of hydrogen-bond donors (Lipinski definition) is 1. The summed E-state index contributed by atoms with van der Waals surface area (Å²) in [6.45, 7) is 0.185. The highest BCUT2D eigenvalue weighted by Gasteiger charge is 2.14. The molecule has 0 aliphatic rings. The van der Waals surface area contributed by atoms with Gasteiger partial charge in [-0.1, -0.05) is 24.4 Å². The normalized spacial score (nSPS) is 10.8. The number of thiophene rings is 1. The predicted octanol–water partition coefficient (Wildman–Crippen LogP) is 2.42. The van der Waals surface area contributed by atoms with E-state index in [1.165, 1.54) is 22.2 Å². The molecule has 0 aliphatic carbocycles. The second-order valence-electron chi connectivity index (χ2n) is 4.71. The number of ether oxygens (including phenoxy) is 1. The van der Waals surface area contributed by atoms with Gasteiger partial charge in [-0.05, 0) is 17.7 Å². The highest BCUT2D eigenvalue weighted by Crippen LogP contribution is 2.32. The van der Waals surface area contributed by atoms with Crippen LogP contribution in [0.15, 0.2) is 40.8 Å². The Hall–Kier alpha value is -2.25. The van der Waals surface area contributed by atoms with Crippen LogP contribution in [0.2, 0.25) is 0 Å². The van der Waals surface area contributed by atoms with Gasteiger partial charge in [-0.2, -0.15) is 0 Å². The summed E-state index contributed by atoms with van der Waals surface area (Å²) in [6, 6.07) is 7.59. The van der Waals surface area contributed by atoms with Crippen molar-refractivity contribution in [1.82, 2.24) is 9.55 Å². The fourth-order valence-corrected chi connectivity index (χ4v) is 3.30. The van der Waals surface area contributed by atoms with E-state index in [4.69, 9.17) is 22.7 Å². The molecule has 22 heavy (non-hydrogen) atoms. The van der Waals surface area contributed by atoms with Gasteiger partial charge in [0.15, 0.2) is 0 Å². The standard InChI is InChI=1S/C15H13N3O2S2/c1-20-10-4-2-3-9(5-10)11-7-22-14-13(11)15(19)18(8-17-14)6-12(16)21/h2-5,7-8H,6H2,1H3,(H2,16,21). The molecule has 3 rings (SSSR count). The minimum absolute atomic E-state index is 0.142. The molecule has 7 heteroatoms. The van der Waals surface area contributed by atoms with E-state index >= 15 is 0 Å². The van der Waals surface area contributed by atoms with E-state index in [0.717, 1.165) is 16.9 Å². The van der Waals surface area contributed by atoms with Crippen molar-refractivity contribution in [3.63, 3.8) is 0 Å². The molecule has 0 saturated carbocycles. The Kier molecular flexibility index (Phi) is 3.91. The summed E-state index contributed by atoms with van der Waals surface area (Å²) in [5.41, 5.74) is 7.14. The monoisotopic (exact) mass is 331 g/mol. The third-order valence-electron chi connectivity index (χ3n) is 3.27. The number of benzene rings is 1. The van der Waals surface area contributed by atoms with Crippen LogP contribution in [0, 0.1) is 0 Å². The van der Waals surface area contributed by atoms with E-state index < -0.39 is 0 Å². The third-order valence-corrected chi connectivity index (χ3v) is 4.28. The fraction of sp³-hybridized carbons (Fsp3) is 0.133. The Labute approximate surface area is 136 Å². The van der Waals surface area contributed by atoms with E-state index in [0.29, 0.717) is 10.2 Å². The minimum atomic E-state index is -0.142. The number of thiocarbonyl (C=S) groups is 1. The van der Waals surface area contributed by atoms with Crippen molar-refractivity contribution in [1.29, 1.82) is 0 Å². The summed E-state index contributed by atoms with van der Waals surface area (Å²) < 4.78 is 6.67. The van der Waals surface area contributed by atoms with Crippen LogP contribution in [0.4, 0.5) is 0 Å². The molecule has 0 atom stereocenters. The summed E-state index contributed by atoms with van der Waals surface area (Å²) in [7, 11) is 1.61. The minimum Gasteiger partial charge on any atom is -0.497 e. The topological polar surface area (TPSA) is 70.1 Å². The Morgan fingerprint density at radius 3 is 3.05 bits per heavy atom. The highest BCUT2D eigenvalue weighted by molar-refractivity contribution is 7.80. The van der Waals surface area contributed by atoms with Crippen molar-refractivity contribution in [3.05, 3.63) is 46.3 Å². The van der Waals surface area contributed by atoms with Crippen LogP contribution >= 0.6 is 23.6 Å². The first kappa shape index (κ1) is 14.7. The number of nitrogens with two attached hydrogens (primary N) is 1. The molecule has 2 aromatic heterocycles. The number of fused-ring (bicyclic) bond motifs is 1. The van der Waals surface area contributed by atoms with Crippen molar-refractivity contribution >= 4 is 38.8 Å². The molecular formula is C15H13N3O2S2. The van der Waals surface area contributed by atoms with Gasteiger partial charge in [-0.15, -0.1) is 11.3 Å². The molecule has 0 radical (unpaired) electrons. The molecule has 0 fully saturated rings. The molecule has 0 spiro atoms. The molecule has 0 unspecified atom stereocenters. The maximum absolute atomic E-state index is 12.7. The van der Waals surface area contributed by atoms with Gasteiger partial charge >= 0.3 is 0 Å². The molecule has 3 aromatic rings. The number of methoxy groups -OCH3 is 1. The van der Waals surface area contributed by atoms with Crippen LogP contribution in [0.1, 0.15) is 0 Å². The van der Waals surface area contributed by atoms with Crippen LogP contribution in [0.25, 0.3) is 21.3 Å². The summed E-state index contributed by atoms with van der Waals surface area (Å²) >= 11 is 6.31. The molecule has 112 valence electrons. The summed E-state index contributed by atoms with van der Waals surface area (Å²) in [5.74, 6) is 0.740. The first-order valence-electron chi connectivity index (χ1n) is 6.49. The largest absolute Gasteiger partial charge is 0.497 e. The molecule has 0 saturated heterocycles. The van der Waals surface area contributed by atoms with Gasteiger partial charge in [0.25, 0.3) is 5.56 Å². The zero-order chi connectivity index (χ0) is 15.7. The van der Waals surface area contributed by atoms with Crippen molar-refractivity contribution in [2.45, 2.75) is 6.54 Å². The Balaban J connectivity index is 2.22. The average Bonchev–Trinajstić information content (AvgIpc) is 2.94. The maximum Gasteiger partial charge on any atom is 0.263 e. The van der Waals surface area contributed by atoms with Gasteiger partial charge in [-0.3, -0.25) is 9.36 Å². The van der Waals surface area contributed by atoms with Gasteiger partial charge in [0.05, 0.1) is 30.4 Å². The highest BCUT2D eigenvalue weighted by atomic mass is 32.1. The quantitative estimate of drug-likeness (QED) is 0.744. The Morgan fingerprint density at radius 2 is 2.32 bits per heavy atom. The molecule has 1 aromatic carbocycles. The van der Waals surface area contributed by atoms with Gasteiger partial charge in [-0.25, -0.2) is 4.98 Å². The van der Waals surface area contributed by atoms with Gasteiger partial charge in [0.1, 0.15) is 10.6 Å². The first-order chi connectivity index (χ1) is 10.6. The van der Waals surface area contributed by atoms with Crippen LogP contribution in [0.3, 0.4) is 0 Å². The van der Waals surface area contributed by atoms with Gasteiger partial charge in [0.2, 0.25) is 0 Å². The molecule has 0 bridgehead atoms. The lowest BCUT2D eigenvalue weighted by Crippen LogP contribution is -2.27. The van der Waals surface area contributed by atoms with E-state index in [1.54, 1.807) is 7.11 Å². The predicted molar refractivity (Wildman–Crippen MR) is 92.7 cm³/mol. The lowest BCUT2D eigenvalue weighted by atomic mass is 10.1. The second-order valence-corrected chi connectivity index (χ2v) is 6.09. The van der Waals surface area contributed by atoms with Crippen LogP contribution < -0.4 is 16.0 Å². The maximum atomic E-state index is 12.7. The Bertz CT molecular complexity index is 915. The van der Waals surface area contributed by atoms with E-state index in [1.807, 2.05) is 29.6 Å². The van der Waals surface area contributed by atoms with E-state index in [-0.39, 0.29) is 17.1 Å².